The van der Waals surface area contributed by atoms with Crippen LogP contribution in [0.1, 0.15) is 35.6 Å². The first-order valence-corrected chi connectivity index (χ1v) is 7.33. The fourth-order valence-electron chi connectivity index (χ4n) is 3.48. The van der Waals surface area contributed by atoms with E-state index < -0.39 is 0 Å². The zero-order valence-electron chi connectivity index (χ0n) is 11.9. The number of ether oxygens (including phenoxy) is 1. The van der Waals surface area contributed by atoms with Crippen molar-refractivity contribution in [1.29, 1.82) is 0 Å². The van der Waals surface area contributed by atoms with Crippen molar-refractivity contribution in [2.24, 2.45) is 5.73 Å². The normalized spacial score (nSPS) is 29.2. The highest BCUT2D eigenvalue weighted by Crippen LogP contribution is 2.28. The first-order valence-electron chi connectivity index (χ1n) is 7.33. The number of nitrogens with two attached hydrogens (primary N) is 1. The molecular weight excluding hydrogens is 236 g/mol. The van der Waals surface area contributed by atoms with E-state index in [0.29, 0.717) is 6.04 Å². The van der Waals surface area contributed by atoms with Gasteiger partial charge in [-0.15, -0.1) is 0 Å². The van der Waals surface area contributed by atoms with Gasteiger partial charge in [0.2, 0.25) is 0 Å². The molecule has 0 amide bonds. The van der Waals surface area contributed by atoms with E-state index in [4.69, 9.17) is 10.5 Å². The van der Waals surface area contributed by atoms with Crippen molar-refractivity contribution in [2.75, 3.05) is 19.7 Å². The Kier molecular flexibility index (Phi) is 3.61. The molecule has 0 aliphatic carbocycles. The van der Waals surface area contributed by atoms with E-state index in [9.17, 15) is 0 Å². The van der Waals surface area contributed by atoms with Gasteiger partial charge in [-0.05, 0) is 38.8 Å². The van der Waals surface area contributed by atoms with Crippen LogP contribution in [0.15, 0.2) is 18.2 Å². The van der Waals surface area contributed by atoms with E-state index in [1.165, 1.54) is 36.1 Å². The second-order valence-corrected chi connectivity index (χ2v) is 6.11. The Hall–Kier alpha value is -0.900. The Labute approximate surface area is 115 Å². The summed E-state index contributed by atoms with van der Waals surface area (Å²) in [5.41, 5.74) is 10.2. The van der Waals surface area contributed by atoms with Crippen LogP contribution in [0.25, 0.3) is 0 Å². The Morgan fingerprint density at radius 3 is 2.74 bits per heavy atom. The molecule has 2 saturated heterocycles. The SMILES string of the molecule is Cc1cc(C)cc(C(N)C2CN3CCCC3CO2)c1. The summed E-state index contributed by atoms with van der Waals surface area (Å²) in [6.07, 6.45) is 2.72. The zero-order valence-corrected chi connectivity index (χ0v) is 11.9. The molecule has 1 aromatic rings. The van der Waals surface area contributed by atoms with Crippen LogP contribution in [0.5, 0.6) is 0 Å². The van der Waals surface area contributed by atoms with Crippen molar-refractivity contribution in [2.45, 2.75) is 44.9 Å². The van der Waals surface area contributed by atoms with E-state index in [1.807, 2.05) is 0 Å². The number of hydrogen-bond donors (Lipinski definition) is 1. The number of fused-ring (bicyclic) bond motifs is 1. The van der Waals surface area contributed by atoms with Crippen LogP contribution in [0.4, 0.5) is 0 Å². The number of morpholine rings is 1. The van der Waals surface area contributed by atoms with E-state index in [0.717, 1.165) is 13.2 Å². The van der Waals surface area contributed by atoms with E-state index in [1.54, 1.807) is 0 Å². The van der Waals surface area contributed by atoms with Crippen molar-refractivity contribution < 1.29 is 4.74 Å². The van der Waals surface area contributed by atoms with Gasteiger partial charge in [0.25, 0.3) is 0 Å². The zero-order chi connectivity index (χ0) is 13.4. The molecule has 0 saturated carbocycles. The monoisotopic (exact) mass is 260 g/mol. The second kappa shape index (κ2) is 5.23. The van der Waals surface area contributed by atoms with Crippen molar-refractivity contribution in [3.8, 4) is 0 Å². The molecule has 3 unspecified atom stereocenters. The first kappa shape index (κ1) is 13.1. The van der Waals surface area contributed by atoms with Gasteiger partial charge >= 0.3 is 0 Å². The molecule has 3 rings (SSSR count). The molecule has 2 fully saturated rings. The third kappa shape index (κ3) is 2.69. The highest BCUT2D eigenvalue weighted by molar-refractivity contribution is 5.31. The van der Waals surface area contributed by atoms with Crippen LogP contribution in [-0.4, -0.2) is 36.7 Å². The van der Waals surface area contributed by atoms with E-state index in [-0.39, 0.29) is 12.1 Å². The molecule has 2 N–H and O–H groups in total. The lowest BCUT2D eigenvalue weighted by atomic mass is 9.97. The van der Waals surface area contributed by atoms with Gasteiger partial charge in [0.1, 0.15) is 0 Å². The summed E-state index contributed by atoms with van der Waals surface area (Å²) in [4.78, 5) is 2.55. The van der Waals surface area contributed by atoms with Gasteiger partial charge in [-0.2, -0.15) is 0 Å². The molecule has 3 heteroatoms. The summed E-state index contributed by atoms with van der Waals surface area (Å²) in [5, 5.41) is 0. The van der Waals surface area contributed by atoms with Crippen LogP contribution >= 0.6 is 0 Å². The minimum atomic E-state index is -0.0138. The lowest BCUT2D eigenvalue weighted by Gasteiger charge is -2.38. The second-order valence-electron chi connectivity index (χ2n) is 6.11. The standard InChI is InChI=1S/C16H24N2O/c1-11-6-12(2)8-13(7-11)16(17)15-9-18-5-3-4-14(18)10-19-15/h6-8,14-16H,3-5,9-10,17H2,1-2H3. The maximum absolute atomic E-state index is 6.44. The van der Waals surface area contributed by atoms with Crippen molar-refractivity contribution >= 4 is 0 Å². The molecular formula is C16H24N2O. The van der Waals surface area contributed by atoms with Gasteiger partial charge in [-0.1, -0.05) is 29.3 Å². The summed E-state index contributed by atoms with van der Waals surface area (Å²) in [7, 11) is 0. The summed E-state index contributed by atoms with van der Waals surface area (Å²) in [5.74, 6) is 0. The number of aryl methyl sites for hydroxylation is 2. The van der Waals surface area contributed by atoms with E-state index >= 15 is 0 Å². The minimum Gasteiger partial charge on any atom is -0.373 e. The van der Waals surface area contributed by atoms with Crippen LogP contribution < -0.4 is 5.73 Å². The molecule has 3 atom stereocenters. The highest BCUT2D eigenvalue weighted by atomic mass is 16.5. The molecule has 2 aliphatic heterocycles. The number of hydrogen-bond acceptors (Lipinski definition) is 3. The largest absolute Gasteiger partial charge is 0.373 e. The lowest BCUT2D eigenvalue weighted by Crippen LogP contribution is -2.49. The lowest BCUT2D eigenvalue weighted by molar-refractivity contribution is -0.0597. The molecule has 104 valence electrons. The average molecular weight is 260 g/mol. The molecule has 0 aromatic heterocycles. The number of rotatable bonds is 2. The van der Waals surface area contributed by atoms with Crippen LogP contribution in [0.3, 0.4) is 0 Å². The van der Waals surface area contributed by atoms with Gasteiger partial charge in [-0.25, -0.2) is 0 Å². The van der Waals surface area contributed by atoms with Crippen molar-refractivity contribution in [1.82, 2.24) is 4.90 Å². The van der Waals surface area contributed by atoms with Crippen LogP contribution in [0, 0.1) is 13.8 Å². The fourth-order valence-corrected chi connectivity index (χ4v) is 3.48. The predicted octanol–water partition coefficient (Wildman–Crippen LogP) is 2.17. The molecule has 0 radical (unpaired) electrons. The molecule has 1 aromatic carbocycles. The third-order valence-corrected chi connectivity index (χ3v) is 4.45. The summed E-state index contributed by atoms with van der Waals surface area (Å²) in [6.45, 7) is 7.30. The number of nitrogens with zero attached hydrogens (tertiary/aromatic N) is 1. The maximum atomic E-state index is 6.44. The van der Waals surface area contributed by atoms with Crippen molar-refractivity contribution in [3.63, 3.8) is 0 Å². The van der Waals surface area contributed by atoms with Crippen LogP contribution in [0.2, 0.25) is 0 Å². The maximum Gasteiger partial charge on any atom is 0.0895 e. The average Bonchev–Trinajstić information content (AvgIpc) is 2.83. The quantitative estimate of drug-likeness (QED) is 0.885. The van der Waals surface area contributed by atoms with E-state index in [2.05, 4.69) is 36.9 Å². The molecule has 2 heterocycles. The Morgan fingerprint density at radius 1 is 1.26 bits per heavy atom. The summed E-state index contributed by atoms with van der Waals surface area (Å²) in [6, 6.07) is 7.20. The van der Waals surface area contributed by atoms with Crippen molar-refractivity contribution in [3.05, 3.63) is 34.9 Å². The predicted molar refractivity (Wildman–Crippen MR) is 77.2 cm³/mol. The molecule has 3 nitrogen and oxygen atoms in total. The molecule has 0 bridgehead atoms. The van der Waals surface area contributed by atoms with Crippen LogP contribution in [-0.2, 0) is 4.74 Å². The van der Waals surface area contributed by atoms with Gasteiger partial charge < -0.3 is 10.5 Å². The fraction of sp³-hybridized carbons (Fsp3) is 0.625. The van der Waals surface area contributed by atoms with Gasteiger partial charge in [0.15, 0.2) is 0 Å². The smallest absolute Gasteiger partial charge is 0.0895 e. The minimum absolute atomic E-state index is 0.0138. The summed E-state index contributed by atoms with van der Waals surface area (Å²) < 4.78 is 6.02. The Balaban J connectivity index is 1.74. The Bertz CT molecular complexity index is 440. The first-order chi connectivity index (χ1) is 9.13. The number of benzene rings is 1. The highest BCUT2D eigenvalue weighted by Gasteiger charge is 2.35. The third-order valence-electron chi connectivity index (χ3n) is 4.45. The Morgan fingerprint density at radius 2 is 2.00 bits per heavy atom. The van der Waals surface area contributed by atoms with Gasteiger partial charge in [0, 0.05) is 12.6 Å². The molecule has 0 spiro atoms. The van der Waals surface area contributed by atoms with Gasteiger partial charge in [-0.3, -0.25) is 4.90 Å². The molecule has 2 aliphatic rings. The van der Waals surface area contributed by atoms with Gasteiger partial charge in [0.05, 0.1) is 18.8 Å². The topological polar surface area (TPSA) is 38.5 Å². The molecule has 19 heavy (non-hydrogen) atoms. The summed E-state index contributed by atoms with van der Waals surface area (Å²) >= 11 is 0.